The van der Waals surface area contributed by atoms with Crippen LogP contribution in [0, 0.1) is 0 Å². The van der Waals surface area contributed by atoms with Gasteiger partial charge >= 0.3 is 0 Å². The van der Waals surface area contributed by atoms with Gasteiger partial charge in [-0.15, -0.1) is 0 Å². The van der Waals surface area contributed by atoms with Crippen molar-refractivity contribution in [2.75, 3.05) is 6.54 Å². The number of sulfonamides is 1. The molecule has 1 amide bonds. The molecule has 0 bridgehead atoms. The van der Waals surface area contributed by atoms with Crippen molar-refractivity contribution in [3.8, 4) is 0 Å². The molecule has 82 valence electrons. The number of primary amides is 1. The molecule has 0 fully saturated rings. The Hall–Kier alpha value is -1.40. The molecule has 0 atom stereocenters. The largest absolute Gasteiger partial charge is 0.366 e. The van der Waals surface area contributed by atoms with Crippen LogP contribution in [0.25, 0.3) is 0 Å². The second-order valence-electron chi connectivity index (χ2n) is 2.86. The number of amides is 1. The maximum absolute atomic E-state index is 11.6. The Balaban J connectivity index is 3.31. The van der Waals surface area contributed by atoms with Crippen molar-refractivity contribution in [1.29, 1.82) is 0 Å². The van der Waals surface area contributed by atoms with Crippen molar-refractivity contribution in [1.82, 2.24) is 4.72 Å². The molecular formula is C9H12N2O3S. The van der Waals surface area contributed by atoms with Crippen LogP contribution in [-0.2, 0) is 10.0 Å². The Morgan fingerprint density at radius 3 is 2.53 bits per heavy atom. The summed E-state index contributed by atoms with van der Waals surface area (Å²) in [6, 6.07) is 5.83. The first kappa shape index (κ1) is 11.7. The van der Waals surface area contributed by atoms with Gasteiger partial charge in [0.05, 0.1) is 10.5 Å². The summed E-state index contributed by atoms with van der Waals surface area (Å²) in [5, 5.41) is 0. The third-order valence-corrected chi connectivity index (χ3v) is 3.38. The number of benzene rings is 1. The molecule has 15 heavy (non-hydrogen) atoms. The molecule has 1 rings (SSSR count). The molecule has 0 saturated carbocycles. The van der Waals surface area contributed by atoms with E-state index < -0.39 is 15.9 Å². The van der Waals surface area contributed by atoms with E-state index in [0.29, 0.717) is 0 Å². The Bertz CT molecular complexity index is 468. The SMILES string of the molecule is CCNS(=O)(=O)c1ccccc1C(N)=O. The number of nitrogens with one attached hydrogen (secondary N) is 1. The van der Waals surface area contributed by atoms with Gasteiger partial charge in [0.25, 0.3) is 0 Å². The van der Waals surface area contributed by atoms with Gasteiger partial charge in [0, 0.05) is 6.54 Å². The fourth-order valence-electron chi connectivity index (χ4n) is 1.17. The average molecular weight is 228 g/mol. The molecule has 3 N–H and O–H groups in total. The molecule has 0 aromatic heterocycles. The first-order valence-electron chi connectivity index (χ1n) is 4.37. The number of hydrogen-bond acceptors (Lipinski definition) is 3. The van der Waals surface area contributed by atoms with Gasteiger partial charge in [-0.25, -0.2) is 13.1 Å². The minimum absolute atomic E-state index is 0.00144. The fraction of sp³-hybridized carbons (Fsp3) is 0.222. The molecule has 0 aliphatic rings. The molecule has 0 aliphatic carbocycles. The third-order valence-electron chi connectivity index (χ3n) is 1.78. The van der Waals surface area contributed by atoms with Crippen molar-refractivity contribution >= 4 is 15.9 Å². The minimum Gasteiger partial charge on any atom is -0.366 e. The van der Waals surface area contributed by atoms with E-state index in [4.69, 9.17) is 5.73 Å². The lowest BCUT2D eigenvalue weighted by atomic mass is 10.2. The highest BCUT2D eigenvalue weighted by molar-refractivity contribution is 7.89. The molecule has 0 spiro atoms. The van der Waals surface area contributed by atoms with Gasteiger partial charge in [0.2, 0.25) is 15.9 Å². The van der Waals surface area contributed by atoms with Crippen molar-refractivity contribution in [3.63, 3.8) is 0 Å². The maximum atomic E-state index is 11.6. The summed E-state index contributed by atoms with van der Waals surface area (Å²) in [5.74, 6) is -0.757. The molecule has 0 unspecified atom stereocenters. The maximum Gasteiger partial charge on any atom is 0.250 e. The topological polar surface area (TPSA) is 89.3 Å². The lowest BCUT2D eigenvalue weighted by Gasteiger charge is -2.07. The normalized spacial score (nSPS) is 11.3. The molecule has 5 nitrogen and oxygen atoms in total. The van der Waals surface area contributed by atoms with E-state index in [1.54, 1.807) is 13.0 Å². The first-order chi connectivity index (χ1) is 6.99. The van der Waals surface area contributed by atoms with Crippen molar-refractivity contribution in [2.24, 2.45) is 5.73 Å². The molecular weight excluding hydrogens is 216 g/mol. The van der Waals surface area contributed by atoms with Gasteiger partial charge in [-0.1, -0.05) is 19.1 Å². The summed E-state index contributed by atoms with van der Waals surface area (Å²) in [6.07, 6.45) is 0. The van der Waals surface area contributed by atoms with Gasteiger partial charge in [-0.3, -0.25) is 4.79 Å². The van der Waals surface area contributed by atoms with Crippen molar-refractivity contribution in [3.05, 3.63) is 29.8 Å². The van der Waals surface area contributed by atoms with Crippen LogP contribution in [0.5, 0.6) is 0 Å². The predicted molar refractivity (Wildman–Crippen MR) is 55.8 cm³/mol. The van der Waals surface area contributed by atoms with Gasteiger partial charge in [0.15, 0.2) is 0 Å². The second-order valence-corrected chi connectivity index (χ2v) is 4.60. The van der Waals surface area contributed by atoms with Crippen LogP contribution in [0.2, 0.25) is 0 Å². The van der Waals surface area contributed by atoms with E-state index in [9.17, 15) is 13.2 Å². The van der Waals surface area contributed by atoms with Crippen molar-refractivity contribution in [2.45, 2.75) is 11.8 Å². The van der Waals surface area contributed by atoms with E-state index in [-0.39, 0.29) is 17.0 Å². The standard InChI is InChI=1S/C9H12N2O3S/c1-2-11-15(13,14)8-6-4-3-5-7(8)9(10)12/h3-6,11H,2H2,1H3,(H2,10,12). The highest BCUT2D eigenvalue weighted by atomic mass is 32.2. The van der Waals surface area contributed by atoms with E-state index in [2.05, 4.69) is 4.72 Å². The molecule has 1 aromatic rings. The number of nitrogens with two attached hydrogens (primary N) is 1. The minimum atomic E-state index is -3.64. The molecule has 0 saturated heterocycles. The lowest BCUT2D eigenvalue weighted by molar-refractivity contribution is 0.0997. The molecule has 6 heteroatoms. The fourth-order valence-corrected chi connectivity index (χ4v) is 2.42. The van der Waals surface area contributed by atoms with Crippen LogP contribution < -0.4 is 10.5 Å². The zero-order valence-electron chi connectivity index (χ0n) is 8.23. The summed E-state index contributed by atoms with van der Waals surface area (Å²) >= 11 is 0. The molecule has 0 aliphatic heterocycles. The quantitative estimate of drug-likeness (QED) is 0.765. The Labute approximate surface area is 88.3 Å². The highest BCUT2D eigenvalue weighted by Crippen LogP contribution is 2.14. The molecule has 1 aromatic carbocycles. The Morgan fingerprint density at radius 1 is 1.40 bits per heavy atom. The summed E-state index contributed by atoms with van der Waals surface area (Å²) in [6.45, 7) is 1.92. The van der Waals surface area contributed by atoms with E-state index in [1.807, 2.05) is 0 Å². The number of carbonyl (C=O) groups is 1. The van der Waals surface area contributed by atoms with E-state index >= 15 is 0 Å². The van der Waals surface area contributed by atoms with Gasteiger partial charge in [-0.2, -0.15) is 0 Å². The summed E-state index contributed by atoms with van der Waals surface area (Å²) < 4.78 is 25.6. The smallest absolute Gasteiger partial charge is 0.250 e. The Morgan fingerprint density at radius 2 is 2.00 bits per heavy atom. The van der Waals surface area contributed by atoms with E-state index in [1.165, 1.54) is 18.2 Å². The monoisotopic (exact) mass is 228 g/mol. The molecule has 0 radical (unpaired) electrons. The third kappa shape index (κ3) is 2.54. The molecule has 0 heterocycles. The number of carbonyl (C=O) groups excluding carboxylic acids is 1. The second kappa shape index (κ2) is 4.41. The average Bonchev–Trinajstić information content (AvgIpc) is 2.17. The van der Waals surface area contributed by atoms with E-state index in [0.717, 1.165) is 0 Å². The van der Waals surface area contributed by atoms with Crippen LogP contribution in [0.4, 0.5) is 0 Å². The van der Waals surface area contributed by atoms with Crippen molar-refractivity contribution < 1.29 is 13.2 Å². The summed E-state index contributed by atoms with van der Waals surface area (Å²) in [5.41, 5.74) is 5.07. The predicted octanol–water partition coefficient (Wildman–Crippen LogP) is 0.0837. The zero-order chi connectivity index (χ0) is 11.5. The van der Waals surface area contributed by atoms with Gasteiger partial charge in [0.1, 0.15) is 0 Å². The number of hydrogen-bond donors (Lipinski definition) is 2. The van der Waals surface area contributed by atoms with Crippen LogP contribution in [0.15, 0.2) is 29.2 Å². The number of rotatable bonds is 4. The van der Waals surface area contributed by atoms with Gasteiger partial charge in [-0.05, 0) is 12.1 Å². The first-order valence-corrected chi connectivity index (χ1v) is 5.86. The van der Waals surface area contributed by atoms with Gasteiger partial charge < -0.3 is 5.73 Å². The Kier molecular flexibility index (Phi) is 3.43. The highest BCUT2D eigenvalue weighted by Gasteiger charge is 2.19. The zero-order valence-corrected chi connectivity index (χ0v) is 9.04. The summed E-state index contributed by atoms with van der Waals surface area (Å²) in [4.78, 5) is 10.9. The van der Waals surface area contributed by atoms with Crippen LogP contribution in [0.1, 0.15) is 17.3 Å². The van der Waals surface area contributed by atoms with Crippen LogP contribution in [0.3, 0.4) is 0 Å². The van der Waals surface area contributed by atoms with Crippen LogP contribution >= 0.6 is 0 Å². The summed E-state index contributed by atoms with van der Waals surface area (Å²) in [7, 11) is -3.64. The lowest BCUT2D eigenvalue weighted by Crippen LogP contribution is -2.26. The van der Waals surface area contributed by atoms with Crippen LogP contribution in [-0.4, -0.2) is 20.9 Å².